The van der Waals surface area contributed by atoms with Crippen molar-refractivity contribution < 1.29 is 0 Å². The number of rotatable bonds is 2. The first-order valence-corrected chi connectivity index (χ1v) is 7.01. The van der Waals surface area contributed by atoms with Gasteiger partial charge in [0.2, 0.25) is 0 Å². The molecule has 0 bridgehead atoms. The van der Waals surface area contributed by atoms with Gasteiger partial charge in [0.25, 0.3) is 0 Å². The molecule has 1 heterocycles. The molecule has 0 atom stereocenters. The van der Waals surface area contributed by atoms with Crippen molar-refractivity contribution in [3.8, 4) is 11.4 Å². The maximum Gasteiger partial charge on any atom is 0.159 e. The predicted octanol–water partition coefficient (Wildman–Crippen LogP) is 4.57. The molecule has 0 aliphatic rings. The van der Waals surface area contributed by atoms with Crippen LogP contribution >= 0.6 is 27.5 Å². The van der Waals surface area contributed by atoms with E-state index in [2.05, 4.69) is 51.9 Å². The summed E-state index contributed by atoms with van der Waals surface area (Å²) in [7, 11) is 0. The summed E-state index contributed by atoms with van der Waals surface area (Å²) in [4.78, 5) is 8.90. The molecular weight excluding hydrogens is 312 g/mol. The SMILES string of the molecule is Cc1cnc(-c2cc(C)c(Br)c(C)c2)nc1CCl. The Hall–Kier alpha value is -0.930. The zero-order valence-electron chi connectivity index (χ0n) is 10.6. The van der Waals surface area contributed by atoms with E-state index in [-0.39, 0.29) is 0 Å². The van der Waals surface area contributed by atoms with Crippen LogP contribution in [0.25, 0.3) is 11.4 Å². The lowest BCUT2D eigenvalue weighted by atomic mass is 10.1. The molecule has 2 nitrogen and oxygen atoms in total. The van der Waals surface area contributed by atoms with Gasteiger partial charge >= 0.3 is 0 Å². The lowest BCUT2D eigenvalue weighted by Crippen LogP contribution is -1.97. The van der Waals surface area contributed by atoms with Gasteiger partial charge in [-0.2, -0.15) is 0 Å². The molecule has 0 aliphatic heterocycles. The molecule has 0 saturated heterocycles. The van der Waals surface area contributed by atoms with Crippen molar-refractivity contribution in [3.05, 3.63) is 45.2 Å². The van der Waals surface area contributed by atoms with Crippen LogP contribution in [0.3, 0.4) is 0 Å². The van der Waals surface area contributed by atoms with Gasteiger partial charge in [-0.1, -0.05) is 15.9 Å². The van der Waals surface area contributed by atoms with E-state index in [1.165, 1.54) is 11.1 Å². The maximum atomic E-state index is 5.88. The molecule has 1 aromatic heterocycles. The molecule has 0 aliphatic carbocycles. The molecule has 2 aromatic rings. The molecular formula is C14H14BrClN2. The van der Waals surface area contributed by atoms with E-state index in [0.717, 1.165) is 27.1 Å². The summed E-state index contributed by atoms with van der Waals surface area (Å²) >= 11 is 9.45. The van der Waals surface area contributed by atoms with Gasteiger partial charge in [0.15, 0.2) is 5.82 Å². The third kappa shape index (κ3) is 2.57. The van der Waals surface area contributed by atoms with E-state index in [4.69, 9.17) is 11.6 Å². The normalized spacial score (nSPS) is 10.7. The van der Waals surface area contributed by atoms with Crippen LogP contribution in [0.4, 0.5) is 0 Å². The van der Waals surface area contributed by atoms with Crippen LogP contribution in [-0.4, -0.2) is 9.97 Å². The Kier molecular flexibility index (Phi) is 4.03. The highest BCUT2D eigenvalue weighted by Crippen LogP contribution is 2.27. The largest absolute Gasteiger partial charge is 0.236 e. The van der Waals surface area contributed by atoms with Crippen molar-refractivity contribution in [3.63, 3.8) is 0 Å². The van der Waals surface area contributed by atoms with E-state index >= 15 is 0 Å². The molecule has 0 spiro atoms. The zero-order chi connectivity index (χ0) is 13.3. The van der Waals surface area contributed by atoms with E-state index in [0.29, 0.717) is 5.88 Å². The minimum Gasteiger partial charge on any atom is -0.236 e. The number of halogens is 2. The summed E-state index contributed by atoms with van der Waals surface area (Å²) in [5.74, 6) is 1.14. The quantitative estimate of drug-likeness (QED) is 0.756. The van der Waals surface area contributed by atoms with Gasteiger partial charge in [0, 0.05) is 16.2 Å². The molecule has 0 fully saturated rings. The number of aryl methyl sites for hydroxylation is 3. The Labute approximate surface area is 121 Å². The van der Waals surface area contributed by atoms with Crippen molar-refractivity contribution >= 4 is 27.5 Å². The molecule has 0 saturated carbocycles. The number of benzene rings is 1. The van der Waals surface area contributed by atoms with Crippen LogP contribution in [0.15, 0.2) is 22.8 Å². The van der Waals surface area contributed by atoms with E-state index < -0.39 is 0 Å². The number of nitrogens with zero attached hydrogens (tertiary/aromatic N) is 2. The Morgan fingerprint density at radius 2 is 1.72 bits per heavy atom. The summed E-state index contributed by atoms with van der Waals surface area (Å²) in [6, 6.07) is 4.17. The van der Waals surface area contributed by atoms with Crippen molar-refractivity contribution in [1.29, 1.82) is 0 Å². The standard InChI is InChI=1S/C14H14BrClN2/c1-8-4-11(5-9(2)13(8)15)14-17-7-10(3)12(6-16)18-14/h4-5,7H,6H2,1-3H3. The zero-order valence-corrected chi connectivity index (χ0v) is 12.9. The first kappa shape index (κ1) is 13.5. The van der Waals surface area contributed by atoms with Gasteiger partial charge in [0.05, 0.1) is 11.6 Å². The van der Waals surface area contributed by atoms with Crippen LogP contribution < -0.4 is 0 Å². The fourth-order valence-electron chi connectivity index (χ4n) is 1.83. The van der Waals surface area contributed by atoms with Gasteiger partial charge in [-0.15, -0.1) is 11.6 Å². The Morgan fingerprint density at radius 3 is 2.28 bits per heavy atom. The molecule has 0 unspecified atom stereocenters. The Bertz CT molecular complexity index is 573. The van der Waals surface area contributed by atoms with Crippen LogP contribution in [0.5, 0.6) is 0 Å². The van der Waals surface area contributed by atoms with E-state index in [1.54, 1.807) is 0 Å². The van der Waals surface area contributed by atoms with Crippen molar-refractivity contribution in [2.45, 2.75) is 26.7 Å². The summed E-state index contributed by atoms with van der Waals surface area (Å²) in [5.41, 5.74) is 5.31. The van der Waals surface area contributed by atoms with Gasteiger partial charge < -0.3 is 0 Å². The molecule has 0 N–H and O–H groups in total. The van der Waals surface area contributed by atoms with Gasteiger partial charge in [-0.3, -0.25) is 0 Å². The lowest BCUT2D eigenvalue weighted by molar-refractivity contribution is 1.05. The number of hydrogen-bond donors (Lipinski definition) is 0. The molecule has 0 amide bonds. The molecule has 1 aromatic carbocycles. The fourth-order valence-corrected chi connectivity index (χ4v) is 2.33. The summed E-state index contributed by atoms with van der Waals surface area (Å²) < 4.78 is 1.14. The summed E-state index contributed by atoms with van der Waals surface area (Å²) in [6.07, 6.45) is 1.83. The average Bonchev–Trinajstić information content (AvgIpc) is 2.36. The molecule has 4 heteroatoms. The number of aromatic nitrogens is 2. The highest BCUT2D eigenvalue weighted by atomic mass is 79.9. The number of alkyl halides is 1. The highest BCUT2D eigenvalue weighted by molar-refractivity contribution is 9.10. The topological polar surface area (TPSA) is 25.8 Å². The van der Waals surface area contributed by atoms with Crippen molar-refractivity contribution in [2.75, 3.05) is 0 Å². The van der Waals surface area contributed by atoms with Gasteiger partial charge in [0.1, 0.15) is 0 Å². The van der Waals surface area contributed by atoms with Crippen molar-refractivity contribution in [1.82, 2.24) is 9.97 Å². The second kappa shape index (κ2) is 5.37. The Morgan fingerprint density at radius 1 is 1.11 bits per heavy atom. The van der Waals surface area contributed by atoms with Gasteiger partial charge in [-0.05, 0) is 49.6 Å². The number of hydrogen-bond acceptors (Lipinski definition) is 2. The third-order valence-corrected chi connectivity index (χ3v) is 4.40. The molecule has 0 radical (unpaired) electrons. The molecule has 2 rings (SSSR count). The summed E-state index contributed by atoms with van der Waals surface area (Å²) in [6.45, 7) is 6.11. The maximum absolute atomic E-state index is 5.88. The first-order valence-electron chi connectivity index (χ1n) is 5.68. The second-order valence-corrected chi connectivity index (χ2v) is 5.44. The minimum absolute atomic E-state index is 0.413. The first-order chi connectivity index (χ1) is 8.52. The van der Waals surface area contributed by atoms with Crippen molar-refractivity contribution in [2.24, 2.45) is 0 Å². The van der Waals surface area contributed by atoms with E-state index in [1.807, 2.05) is 13.1 Å². The van der Waals surface area contributed by atoms with Crippen LogP contribution in [-0.2, 0) is 5.88 Å². The van der Waals surface area contributed by atoms with Crippen LogP contribution in [0, 0.1) is 20.8 Å². The molecule has 18 heavy (non-hydrogen) atoms. The monoisotopic (exact) mass is 324 g/mol. The average molecular weight is 326 g/mol. The predicted molar refractivity (Wildman–Crippen MR) is 78.9 cm³/mol. The summed E-state index contributed by atoms with van der Waals surface area (Å²) in [5, 5.41) is 0. The van der Waals surface area contributed by atoms with Crippen LogP contribution in [0.2, 0.25) is 0 Å². The molecule has 94 valence electrons. The minimum atomic E-state index is 0.413. The smallest absolute Gasteiger partial charge is 0.159 e. The third-order valence-electron chi connectivity index (χ3n) is 2.90. The highest BCUT2D eigenvalue weighted by Gasteiger charge is 2.08. The van der Waals surface area contributed by atoms with E-state index in [9.17, 15) is 0 Å². The van der Waals surface area contributed by atoms with Gasteiger partial charge in [-0.25, -0.2) is 9.97 Å². The Balaban J connectivity index is 2.55. The van der Waals surface area contributed by atoms with Crippen LogP contribution in [0.1, 0.15) is 22.4 Å². The lowest BCUT2D eigenvalue weighted by Gasteiger charge is -2.08. The second-order valence-electron chi connectivity index (χ2n) is 4.38. The fraction of sp³-hybridized carbons (Fsp3) is 0.286.